The monoisotopic (exact) mass is 332 g/mol. The first-order valence-corrected chi connectivity index (χ1v) is 6.84. The Kier molecular flexibility index (Phi) is 4.34. The molecule has 1 aromatic rings. The van der Waals surface area contributed by atoms with Gasteiger partial charge in [0.25, 0.3) is 5.91 Å². The van der Waals surface area contributed by atoms with Crippen molar-refractivity contribution in [2.24, 2.45) is 0 Å². The third kappa shape index (κ3) is 3.44. The van der Waals surface area contributed by atoms with Gasteiger partial charge in [0, 0.05) is 25.9 Å². The highest BCUT2D eigenvalue weighted by Crippen LogP contribution is 2.29. The van der Waals surface area contributed by atoms with Crippen molar-refractivity contribution in [1.29, 1.82) is 0 Å². The molecule has 1 aliphatic rings. The molecule has 0 unspecified atom stereocenters. The number of halogens is 3. The summed E-state index contributed by atoms with van der Waals surface area (Å²) in [7, 11) is 0. The third-order valence-corrected chi connectivity index (χ3v) is 3.88. The quantitative estimate of drug-likeness (QED) is 0.856. The standard InChI is InChI=1S/C14H15F3N2O4/c1-8-9(2-3-10(18-8)14(15,16)17)11(20)19-6-4-13(23,5-7-19)12(21)22/h2-3,23H,4-7H2,1H3,(H,21,22). The van der Waals surface area contributed by atoms with Gasteiger partial charge in [-0.1, -0.05) is 0 Å². The van der Waals surface area contributed by atoms with Gasteiger partial charge in [-0.2, -0.15) is 13.2 Å². The van der Waals surface area contributed by atoms with Gasteiger partial charge >= 0.3 is 12.1 Å². The van der Waals surface area contributed by atoms with E-state index in [4.69, 9.17) is 5.11 Å². The van der Waals surface area contributed by atoms with Crippen LogP contribution in [0, 0.1) is 6.92 Å². The molecule has 2 N–H and O–H groups in total. The van der Waals surface area contributed by atoms with Crippen molar-refractivity contribution in [3.63, 3.8) is 0 Å². The molecule has 0 aliphatic carbocycles. The largest absolute Gasteiger partial charge is 0.479 e. The Morgan fingerprint density at radius 2 is 1.83 bits per heavy atom. The van der Waals surface area contributed by atoms with Crippen molar-refractivity contribution in [3.8, 4) is 0 Å². The van der Waals surface area contributed by atoms with Crippen LogP contribution in [-0.4, -0.2) is 50.7 Å². The van der Waals surface area contributed by atoms with Gasteiger partial charge < -0.3 is 15.1 Å². The number of carboxylic acid groups (broad SMARTS) is 1. The summed E-state index contributed by atoms with van der Waals surface area (Å²) in [6.45, 7) is 1.31. The van der Waals surface area contributed by atoms with Gasteiger partial charge in [-0.25, -0.2) is 9.78 Å². The van der Waals surface area contributed by atoms with Crippen molar-refractivity contribution in [1.82, 2.24) is 9.88 Å². The van der Waals surface area contributed by atoms with Crippen molar-refractivity contribution >= 4 is 11.9 Å². The number of alkyl halides is 3. The number of piperidine rings is 1. The van der Waals surface area contributed by atoms with E-state index >= 15 is 0 Å². The van der Waals surface area contributed by atoms with E-state index in [1.165, 1.54) is 11.8 Å². The number of nitrogens with zero attached hydrogens (tertiary/aromatic N) is 2. The zero-order chi connectivity index (χ0) is 17.4. The Morgan fingerprint density at radius 3 is 2.26 bits per heavy atom. The lowest BCUT2D eigenvalue weighted by atomic mass is 9.91. The summed E-state index contributed by atoms with van der Waals surface area (Å²) in [6, 6.07) is 1.79. The number of pyridine rings is 1. The van der Waals surface area contributed by atoms with E-state index in [2.05, 4.69) is 4.98 Å². The fourth-order valence-electron chi connectivity index (χ4n) is 2.41. The molecule has 2 rings (SSSR count). The van der Waals surface area contributed by atoms with Crippen LogP contribution in [-0.2, 0) is 11.0 Å². The number of aryl methyl sites for hydroxylation is 1. The number of aliphatic carboxylic acids is 1. The lowest BCUT2D eigenvalue weighted by Gasteiger charge is -2.35. The fourth-order valence-corrected chi connectivity index (χ4v) is 2.41. The van der Waals surface area contributed by atoms with Crippen LogP contribution in [0.3, 0.4) is 0 Å². The SMILES string of the molecule is Cc1nc(C(F)(F)F)ccc1C(=O)N1CCC(O)(C(=O)O)CC1. The molecule has 0 bridgehead atoms. The maximum atomic E-state index is 12.6. The fraction of sp³-hybridized carbons (Fsp3) is 0.500. The van der Waals surface area contributed by atoms with Crippen LogP contribution in [0.25, 0.3) is 0 Å². The molecule has 0 aromatic carbocycles. The number of carbonyl (C=O) groups excluding carboxylic acids is 1. The number of hydrogen-bond donors (Lipinski definition) is 2. The van der Waals surface area contributed by atoms with Crippen LogP contribution in [0.2, 0.25) is 0 Å². The van der Waals surface area contributed by atoms with E-state index < -0.39 is 29.3 Å². The molecule has 1 aromatic heterocycles. The first kappa shape index (κ1) is 17.2. The number of hydrogen-bond acceptors (Lipinski definition) is 4. The normalized spacial score (nSPS) is 17.9. The summed E-state index contributed by atoms with van der Waals surface area (Å²) in [5.74, 6) is -1.88. The third-order valence-electron chi connectivity index (χ3n) is 3.88. The molecular formula is C14H15F3N2O4. The smallest absolute Gasteiger partial charge is 0.433 e. The Morgan fingerprint density at radius 1 is 1.26 bits per heavy atom. The highest BCUT2D eigenvalue weighted by atomic mass is 19.4. The number of aromatic nitrogens is 1. The van der Waals surface area contributed by atoms with Gasteiger partial charge in [0.05, 0.1) is 11.3 Å². The Labute approximate surface area is 129 Å². The van der Waals surface area contributed by atoms with Crippen LogP contribution in [0.5, 0.6) is 0 Å². The summed E-state index contributed by atoms with van der Waals surface area (Å²) in [5, 5.41) is 18.7. The lowest BCUT2D eigenvalue weighted by Crippen LogP contribution is -2.51. The molecule has 1 aliphatic heterocycles. The first-order chi connectivity index (χ1) is 10.5. The van der Waals surface area contributed by atoms with Gasteiger partial charge in [0.1, 0.15) is 5.69 Å². The lowest BCUT2D eigenvalue weighted by molar-refractivity contribution is -0.162. The zero-order valence-corrected chi connectivity index (χ0v) is 12.2. The minimum atomic E-state index is -4.59. The second kappa shape index (κ2) is 5.80. The highest BCUT2D eigenvalue weighted by Gasteiger charge is 2.41. The van der Waals surface area contributed by atoms with Gasteiger partial charge in [0.2, 0.25) is 0 Å². The van der Waals surface area contributed by atoms with Gasteiger partial charge in [0.15, 0.2) is 5.60 Å². The van der Waals surface area contributed by atoms with Gasteiger partial charge in [-0.15, -0.1) is 0 Å². The second-order valence-electron chi connectivity index (χ2n) is 5.46. The van der Waals surface area contributed by atoms with E-state index in [1.54, 1.807) is 0 Å². The van der Waals surface area contributed by atoms with Crippen molar-refractivity contribution in [2.75, 3.05) is 13.1 Å². The number of amides is 1. The van der Waals surface area contributed by atoms with Crippen LogP contribution < -0.4 is 0 Å². The van der Waals surface area contributed by atoms with Crippen molar-refractivity contribution in [3.05, 3.63) is 29.1 Å². The van der Waals surface area contributed by atoms with E-state index in [1.807, 2.05) is 0 Å². The van der Waals surface area contributed by atoms with Crippen LogP contribution in [0.15, 0.2) is 12.1 Å². The van der Waals surface area contributed by atoms with E-state index in [0.717, 1.165) is 12.1 Å². The summed E-state index contributed by atoms with van der Waals surface area (Å²) in [6.07, 6.45) is -4.86. The number of aliphatic hydroxyl groups is 1. The molecule has 9 heteroatoms. The zero-order valence-electron chi connectivity index (χ0n) is 12.2. The molecular weight excluding hydrogens is 317 g/mol. The summed E-state index contributed by atoms with van der Waals surface area (Å²) < 4.78 is 37.7. The summed E-state index contributed by atoms with van der Waals surface area (Å²) >= 11 is 0. The molecule has 2 heterocycles. The average molecular weight is 332 g/mol. The van der Waals surface area contributed by atoms with Crippen molar-refractivity contribution in [2.45, 2.75) is 31.5 Å². The Hall–Kier alpha value is -2.16. The number of likely N-dealkylation sites (tertiary alicyclic amines) is 1. The Bertz CT molecular complexity index is 637. The predicted molar refractivity (Wildman–Crippen MR) is 71.7 cm³/mol. The summed E-state index contributed by atoms with van der Waals surface area (Å²) in [5.41, 5.74) is -2.97. The molecule has 0 spiro atoms. The molecule has 6 nitrogen and oxygen atoms in total. The number of carbonyl (C=O) groups is 2. The van der Waals surface area contributed by atoms with Crippen LogP contribution in [0.1, 0.15) is 34.6 Å². The van der Waals surface area contributed by atoms with E-state index in [-0.39, 0.29) is 37.2 Å². The molecule has 1 amide bonds. The van der Waals surface area contributed by atoms with Crippen LogP contribution in [0.4, 0.5) is 13.2 Å². The second-order valence-corrected chi connectivity index (χ2v) is 5.46. The topological polar surface area (TPSA) is 90.7 Å². The molecule has 0 atom stereocenters. The van der Waals surface area contributed by atoms with E-state index in [0.29, 0.717) is 0 Å². The molecule has 0 radical (unpaired) electrons. The van der Waals surface area contributed by atoms with Gasteiger partial charge in [-0.3, -0.25) is 4.79 Å². The maximum absolute atomic E-state index is 12.6. The predicted octanol–water partition coefficient (Wildman–Crippen LogP) is 1.46. The maximum Gasteiger partial charge on any atom is 0.433 e. The number of carboxylic acids is 1. The highest BCUT2D eigenvalue weighted by molar-refractivity contribution is 5.95. The molecule has 0 saturated carbocycles. The van der Waals surface area contributed by atoms with E-state index in [9.17, 15) is 27.9 Å². The Balaban J connectivity index is 2.15. The minimum absolute atomic E-state index is 0.00208. The molecule has 23 heavy (non-hydrogen) atoms. The molecule has 1 saturated heterocycles. The first-order valence-electron chi connectivity index (χ1n) is 6.84. The van der Waals surface area contributed by atoms with Gasteiger partial charge in [-0.05, 0) is 19.1 Å². The minimum Gasteiger partial charge on any atom is -0.479 e. The molecule has 1 fully saturated rings. The van der Waals surface area contributed by atoms with Crippen LogP contribution >= 0.6 is 0 Å². The summed E-state index contributed by atoms with van der Waals surface area (Å²) in [4.78, 5) is 28.0. The average Bonchev–Trinajstić information content (AvgIpc) is 2.46. The molecule has 126 valence electrons. The number of rotatable bonds is 2. The van der Waals surface area contributed by atoms with Crippen molar-refractivity contribution < 1.29 is 33.0 Å².